The molecule has 21 heavy (non-hydrogen) atoms. The van der Waals surface area contributed by atoms with Gasteiger partial charge in [0.25, 0.3) is 0 Å². The van der Waals surface area contributed by atoms with Gasteiger partial charge in [-0.25, -0.2) is 0 Å². The summed E-state index contributed by atoms with van der Waals surface area (Å²) in [4.78, 5) is 12.1. The molecule has 0 amide bonds. The minimum atomic E-state index is -1.39. The Morgan fingerprint density at radius 3 is 2.19 bits per heavy atom. The van der Waals surface area contributed by atoms with E-state index in [2.05, 4.69) is 32.4 Å². The van der Waals surface area contributed by atoms with Crippen molar-refractivity contribution >= 4 is 13.0 Å². The van der Waals surface area contributed by atoms with Crippen LogP contribution in [0.2, 0.25) is 0 Å². The van der Waals surface area contributed by atoms with Crippen molar-refractivity contribution in [3.63, 3.8) is 0 Å². The molecule has 1 rings (SSSR count). The Kier molecular flexibility index (Phi) is 6.61. The highest BCUT2D eigenvalue weighted by Gasteiger charge is 2.42. The Morgan fingerprint density at radius 2 is 1.76 bits per heavy atom. The van der Waals surface area contributed by atoms with Crippen molar-refractivity contribution < 1.29 is 9.90 Å². The first-order chi connectivity index (χ1) is 9.81. The molecule has 0 spiro atoms. The molecule has 1 aromatic carbocycles. The molecule has 1 N–H and O–H groups in total. The molecule has 0 aliphatic rings. The quantitative estimate of drug-likeness (QED) is 0.425. The van der Waals surface area contributed by atoms with Gasteiger partial charge in [-0.2, -0.15) is 0 Å². The van der Waals surface area contributed by atoms with E-state index in [1.807, 2.05) is 18.2 Å². The Bertz CT molecular complexity index is 499. The van der Waals surface area contributed by atoms with Gasteiger partial charge in [0.05, 0.1) is 11.7 Å². The summed E-state index contributed by atoms with van der Waals surface area (Å²) in [6, 6.07) is 10.1. The monoisotopic (exact) mass is 307 g/mol. The highest BCUT2D eigenvalue weighted by molar-refractivity contribution is 7.75. The van der Waals surface area contributed by atoms with E-state index in [-0.39, 0.29) is 17.2 Å². The molecule has 0 heterocycles. The molecule has 0 radical (unpaired) electrons. The zero-order valence-corrected chi connectivity index (χ0v) is 14.8. The van der Waals surface area contributed by atoms with E-state index in [4.69, 9.17) is 0 Å². The largest absolute Gasteiger partial charge is 0.512 e. The molecule has 0 saturated heterocycles. The summed E-state index contributed by atoms with van der Waals surface area (Å²) in [6.07, 6.45) is 3.45. The summed E-state index contributed by atoms with van der Waals surface area (Å²) in [5, 5.41) is 10.1. The average molecular weight is 307 g/mol. The molecule has 116 valence electrons. The van der Waals surface area contributed by atoms with Gasteiger partial charge in [-0.1, -0.05) is 43.7 Å². The van der Waals surface area contributed by atoms with Crippen molar-refractivity contribution in [2.45, 2.75) is 39.3 Å². The zero-order valence-electron chi connectivity index (χ0n) is 13.9. The van der Waals surface area contributed by atoms with Crippen molar-refractivity contribution in [2.75, 3.05) is 19.5 Å². The minimum absolute atomic E-state index is 0.0200. The number of allylic oxidation sites excluding steroid dienone is 2. The van der Waals surface area contributed by atoms with Gasteiger partial charge in [0.2, 0.25) is 0 Å². The molecule has 0 bridgehead atoms. The average Bonchev–Trinajstić information content (AvgIpc) is 2.42. The number of carbonyl (C=O) groups excluding carboxylic acids is 1. The maximum Gasteiger partial charge on any atom is 0.163 e. The Labute approximate surface area is 129 Å². The summed E-state index contributed by atoms with van der Waals surface area (Å²) in [6.45, 7) is 9.98. The fraction of sp³-hybridized carbons (Fsp3) is 0.500. The second kappa shape index (κ2) is 7.75. The number of hydrogen-bond donors (Lipinski definition) is 1. The number of Topliss-reactive ketones (excluding diaryl/α,β-unsaturated/α-hetero) is 1. The van der Waals surface area contributed by atoms with Crippen LogP contribution in [0.3, 0.4) is 0 Å². The summed E-state index contributed by atoms with van der Waals surface area (Å²) in [5.74, 6) is 0.148. The van der Waals surface area contributed by atoms with Crippen molar-refractivity contribution in [3.8, 4) is 0 Å². The van der Waals surface area contributed by atoms with Crippen LogP contribution in [0, 0.1) is 0 Å². The third-order valence-electron chi connectivity index (χ3n) is 3.94. The first-order valence-corrected chi connectivity index (χ1v) is 10.5. The van der Waals surface area contributed by atoms with Gasteiger partial charge in [-0.3, -0.25) is 4.79 Å². The van der Waals surface area contributed by atoms with E-state index >= 15 is 0 Å². The smallest absolute Gasteiger partial charge is 0.163 e. The van der Waals surface area contributed by atoms with Gasteiger partial charge in [-0.15, -0.1) is 0 Å². The molecule has 0 saturated carbocycles. The first kappa shape index (κ1) is 17.9. The molecule has 0 fully saturated rings. The number of ketones is 1. The molecule has 0 aliphatic heterocycles. The summed E-state index contributed by atoms with van der Waals surface area (Å²) < 4.78 is 0. The van der Waals surface area contributed by atoms with Crippen LogP contribution in [0.15, 0.2) is 41.7 Å². The summed E-state index contributed by atoms with van der Waals surface area (Å²) >= 11 is 0. The van der Waals surface area contributed by atoms with Crippen LogP contribution >= 0.6 is 7.26 Å². The lowest BCUT2D eigenvalue weighted by molar-refractivity contribution is -0.113. The zero-order chi connectivity index (χ0) is 16.0. The molecule has 1 unspecified atom stereocenters. The van der Waals surface area contributed by atoms with Crippen molar-refractivity contribution in [1.29, 1.82) is 0 Å². The predicted molar refractivity (Wildman–Crippen MR) is 93.7 cm³/mol. The maximum atomic E-state index is 12.1. The third-order valence-corrected chi connectivity index (χ3v) is 7.37. The predicted octanol–water partition coefficient (Wildman–Crippen LogP) is 5.23. The van der Waals surface area contributed by atoms with E-state index in [0.29, 0.717) is 5.57 Å². The van der Waals surface area contributed by atoms with Crippen LogP contribution in [0.25, 0.3) is 0 Å². The molecule has 0 aliphatic carbocycles. The summed E-state index contributed by atoms with van der Waals surface area (Å²) in [5.41, 5.74) is 1.77. The molecule has 0 aromatic heterocycles. The first-order valence-electron chi connectivity index (χ1n) is 7.59. The number of benzene rings is 1. The second-order valence-corrected chi connectivity index (χ2v) is 10.7. The minimum Gasteiger partial charge on any atom is -0.512 e. The molecule has 2 nitrogen and oxygen atoms in total. The number of unbranched alkanes of at least 4 members (excludes halogenated alkanes) is 1. The highest BCUT2D eigenvalue weighted by Crippen LogP contribution is 2.67. The lowest BCUT2D eigenvalue weighted by Gasteiger charge is -2.30. The van der Waals surface area contributed by atoms with E-state index in [1.165, 1.54) is 6.42 Å². The Balaban J connectivity index is 3.37. The number of rotatable bonds is 7. The Hall–Kier alpha value is -1.14. The number of carbonyl (C=O) groups is 1. The number of aliphatic hydroxyl groups is 1. The van der Waals surface area contributed by atoms with Crippen LogP contribution in [-0.2, 0) is 4.79 Å². The van der Waals surface area contributed by atoms with Crippen molar-refractivity contribution in [1.82, 2.24) is 0 Å². The molecular weight excluding hydrogens is 279 g/mol. The highest BCUT2D eigenvalue weighted by atomic mass is 31.2. The lowest BCUT2D eigenvalue weighted by Crippen LogP contribution is -2.16. The third kappa shape index (κ3) is 4.68. The van der Waals surface area contributed by atoms with E-state index in [1.54, 1.807) is 13.8 Å². The SMILES string of the molecule is CCCC[P+](C)(C)C(/C(C(C)=O)=C(/C)O)c1ccccc1. The summed E-state index contributed by atoms with van der Waals surface area (Å²) in [7, 11) is -1.39. The number of hydrogen-bond acceptors (Lipinski definition) is 2. The van der Waals surface area contributed by atoms with Crippen LogP contribution in [0.4, 0.5) is 0 Å². The fourth-order valence-corrected chi connectivity index (χ4v) is 6.33. The molecule has 3 heteroatoms. The molecular formula is C18H28O2P+. The normalized spacial score (nSPS) is 14.5. The van der Waals surface area contributed by atoms with E-state index in [9.17, 15) is 9.90 Å². The van der Waals surface area contributed by atoms with Crippen LogP contribution < -0.4 is 0 Å². The maximum absolute atomic E-state index is 12.1. The van der Waals surface area contributed by atoms with Gasteiger partial charge in [0, 0.05) is 20.6 Å². The van der Waals surface area contributed by atoms with Crippen LogP contribution in [0.1, 0.15) is 44.8 Å². The fourth-order valence-electron chi connectivity index (χ4n) is 2.89. The van der Waals surface area contributed by atoms with E-state index < -0.39 is 7.26 Å². The lowest BCUT2D eigenvalue weighted by atomic mass is 10.0. The number of aliphatic hydroxyl groups excluding tert-OH is 1. The molecule has 1 atom stereocenters. The van der Waals surface area contributed by atoms with Gasteiger partial charge in [0.1, 0.15) is 11.4 Å². The van der Waals surface area contributed by atoms with Gasteiger partial charge in [-0.05, 0) is 25.8 Å². The van der Waals surface area contributed by atoms with Gasteiger partial charge < -0.3 is 5.11 Å². The topological polar surface area (TPSA) is 37.3 Å². The van der Waals surface area contributed by atoms with Crippen LogP contribution in [0.5, 0.6) is 0 Å². The van der Waals surface area contributed by atoms with E-state index in [0.717, 1.165) is 18.1 Å². The molecule has 1 aromatic rings. The standard InChI is InChI=1S/C18H27O2P/c1-6-7-13-21(4,5)18(16-11-9-8-10-12-16)17(14(2)19)15(3)20/h8-12,18H,6-7,13H2,1-5H3/p+1. The second-order valence-electron chi connectivity index (χ2n) is 6.22. The van der Waals surface area contributed by atoms with Crippen molar-refractivity contribution in [2.24, 2.45) is 0 Å². The van der Waals surface area contributed by atoms with Gasteiger partial charge in [0.15, 0.2) is 5.78 Å². The van der Waals surface area contributed by atoms with Crippen molar-refractivity contribution in [3.05, 3.63) is 47.2 Å². The van der Waals surface area contributed by atoms with Crippen LogP contribution in [-0.4, -0.2) is 30.4 Å². The van der Waals surface area contributed by atoms with Gasteiger partial charge >= 0.3 is 0 Å². The Morgan fingerprint density at radius 1 is 1.19 bits per heavy atom.